The first-order chi connectivity index (χ1) is 9.24. The fraction of sp³-hybridized carbons (Fsp3) is 0.900. The molecule has 1 N–H and O–H groups in total. The molecular formula is C10H20N4O5. The fourth-order valence-corrected chi connectivity index (χ4v) is 1.05. The molecule has 0 heterocycles. The van der Waals surface area contributed by atoms with E-state index in [1.807, 2.05) is 0 Å². The van der Waals surface area contributed by atoms with Crippen molar-refractivity contribution in [3.05, 3.63) is 10.4 Å². The molecule has 1 atom stereocenters. The molecule has 1 unspecified atom stereocenters. The van der Waals surface area contributed by atoms with Crippen LogP contribution < -0.4 is 5.32 Å². The number of ether oxygens (including phenoxy) is 4. The van der Waals surface area contributed by atoms with Crippen molar-refractivity contribution in [1.29, 1.82) is 0 Å². The Morgan fingerprint density at radius 1 is 1.26 bits per heavy atom. The number of hydrogen-bond acceptors (Lipinski definition) is 6. The van der Waals surface area contributed by atoms with Crippen LogP contribution >= 0.6 is 0 Å². The summed E-state index contributed by atoms with van der Waals surface area (Å²) in [6.45, 7) is 1.31. The van der Waals surface area contributed by atoms with E-state index in [1.165, 1.54) is 7.11 Å². The Bertz CT molecular complexity index is 283. The van der Waals surface area contributed by atoms with Gasteiger partial charge in [-0.25, -0.2) is 0 Å². The lowest BCUT2D eigenvalue weighted by atomic mass is 10.5. The highest BCUT2D eigenvalue weighted by Crippen LogP contribution is 1.91. The zero-order valence-corrected chi connectivity index (χ0v) is 11.2. The SMILES string of the molecule is COCCOCC(=O)NC(CN=[N+]=[N-])OCCOC. The largest absolute Gasteiger partial charge is 0.382 e. The Kier molecular flexibility index (Phi) is 12.1. The lowest BCUT2D eigenvalue weighted by Gasteiger charge is -2.17. The molecule has 0 aliphatic carbocycles. The summed E-state index contributed by atoms with van der Waals surface area (Å²) in [6, 6.07) is 0. The molecule has 1 amide bonds. The van der Waals surface area contributed by atoms with Gasteiger partial charge in [0, 0.05) is 19.1 Å². The van der Waals surface area contributed by atoms with Gasteiger partial charge >= 0.3 is 0 Å². The zero-order chi connectivity index (χ0) is 14.3. The van der Waals surface area contributed by atoms with E-state index in [-0.39, 0.29) is 25.7 Å². The number of amides is 1. The summed E-state index contributed by atoms with van der Waals surface area (Å²) in [4.78, 5) is 14.1. The molecule has 9 heteroatoms. The second-order valence-electron chi connectivity index (χ2n) is 3.38. The molecule has 0 bridgehead atoms. The van der Waals surface area contributed by atoms with Crippen LogP contribution in [0.25, 0.3) is 10.4 Å². The summed E-state index contributed by atoms with van der Waals surface area (Å²) in [7, 11) is 3.08. The van der Waals surface area contributed by atoms with Crippen molar-refractivity contribution >= 4 is 5.91 Å². The summed E-state index contributed by atoms with van der Waals surface area (Å²) in [6.07, 6.45) is -0.690. The number of rotatable bonds is 12. The van der Waals surface area contributed by atoms with Gasteiger partial charge in [0.05, 0.1) is 33.0 Å². The quantitative estimate of drug-likeness (QED) is 0.178. The van der Waals surface area contributed by atoms with Crippen molar-refractivity contribution in [2.75, 3.05) is 53.8 Å². The van der Waals surface area contributed by atoms with Crippen molar-refractivity contribution in [1.82, 2.24) is 5.32 Å². The molecule has 110 valence electrons. The van der Waals surface area contributed by atoms with Crippen LogP contribution in [-0.4, -0.2) is 65.9 Å². The lowest BCUT2D eigenvalue weighted by Crippen LogP contribution is -2.41. The molecule has 0 spiro atoms. The third kappa shape index (κ3) is 11.4. The van der Waals surface area contributed by atoms with Crippen molar-refractivity contribution < 1.29 is 23.7 Å². The van der Waals surface area contributed by atoms with Gasteiger partial charge in [-0.3, -0.25) is 4.79 Å². The van der Waals surface area contributed by atoms with Crippen LogP contribution in [0, 0.1) is 0 Å². The van der Waals surface area contributed by atoms with E-state index in [1.54, 1.807) is 7.11 Å². The van der Waals surface area contributed by atoms with Crippen molar-refractivity contribution in [3.8, 4) is 0 Å². The van der Waals surface area contributed by atoms with Gasteiger partial charge in [-0.1, -0.05) is 5.11 Å². The summed E-state index contributed by atoms with van der Waals surface area (Å²) in [5.74, 6) is -0.355. The second kappa shape index (κ2) is 13.1. The Morgan fingerprint density at radius 3 is 2.58 bits per heavy atom. The predicted octanol–water partition coefficient (Wildman–Crippen LogP) is 0.0650. The number of hydrogen-bond donors (Lipinski definition) is 1. The monoisotopic (exact) mass is 276 g/mol. The average Bonchev–Trinajstić information content (AvgIpc) is 2.41. The minimum atomic E-state index is -0.690. The van der Waals surface area contributed by atoms with Gasteiger partial charge in [-0.05, 0) is 5.53 Å². The molecule has 0 aliphatic rings. The number of carbonyl (C=O) groups excluding carboxylic acids is 1. The maximum atomic E-state index is 11.5. The number of methoxy groups -OCH3 is 2. The standard InChI is InChI=1S/C10H20N4O5/c1-16-3-5-18-8-9(15)13-10(7-12-14-11)19-6-4-17-2/h10H,3-8H2,1-2H3,(H,13,15). The second-order valence-corrected chi connectivity index (χ2v) is 3.38. The lowest BCUT2D eigenvalue weighted by molar-refractivity contribution is -0.130. The van der Waals surface area contributed by atoms with E-state index in [9.17, 15) is 4.79 Å². The maximum absolute atomic E-state index is 11.5. The summed E-state index contributed by atoms with van der Waals surface area (Å²) in [5.41, 5.74) is 8.25. The van der Waals surface area contributed by atoms with Crippen LogP contribution in [0.4, 0.5) is 0 Å². The maximum Gasteiger partial charge on any atom is 0.247 e. The van der Waals surface area contributed by atoms with Gasteiger partial charge in [-0.2, -0.15) is 0 Å². The molecule has 0 aromatic heterocycles. The Balaban J connectivity index is 3.92. The minimum absolute atomic E-state index is 0.00399. The fourth-order valence-electron chi connectivity index (χ4n) is 1.05. The molecule has 0 radical (unpaired) electrons. The molecule has 9 nitrogen and oxygen atoms in total. The highest BCUT2D eigenvalue weighted by atomic mass is 16.5. The van der Waals surface area contributed by atoms with E-state index in [0.717, 1.165) is 0 Å². The molecule has 0 aliphatic heterocycles. The molecule has 0 aromatic rings. The molecule has 0 fully saturated rings. The number of azide groups is 1. The van der Waals surface area contributed by atoms with Crippen LogP contribution in [0.2, 0.25) is 0 Å². The van der Waals surface area contributed by atoms with Crippen LogP contribution in [0.1, 0.15) is 0 Å². The van der Waals surface area contributed by atoms with Crippen LogP contribution in [-0.2, 0) is 23.7 Å². The minimum Gasteiger partial charge on any atom is -0.382 e. The van der Waals surface area contributed by atoms with Crippen molar-refractivity contribution in [2.45, 2.75) is 6.23 Å². The Morgan fingerprint density at radius 2 is 1.95 bits per heavy atom. The molecule has 0 aromatic carbocycles. The number of nitrogens with one attached hydrogen (secondary N) is 1. The zero-order valence-electron chi connectivity index (χ0n) is 11.2. The summed E-state index contributed by atoms with van der Waals surface area (Å²) < 4.78 is 19.9. The highest BCUT2D eigenvalue weighted by molar-refractivity contribution is 5.77. The van der Waals surface area contributed by atoms with Crippen molar-refractivity contribution in [2.24, 2.45) is 5.11 Å². The number of nitrogens with zero attached hydrogens (tertiary/aromatic N) is 3. The van der Waals surface area contributed by atoms with E-state index in [0.29, 0.717) is 19.8 Å². The highest BCUT2D eigenvalue weighted by Gasteiger charge is 2.11. The summed E-state index contributed by atoms with van der Waals surface area (Å²) in [5, 5.41) is 5.89. The Hall–Kier alpha value is -1.38. The van der Waals surface area contributed by atoms with Crippen LogP contribution in [0.5, 0.6) is 0 Å². The van der Waals surface area contributed by atoms with Crippen molar-refractivity contribution in [3.63, 3.8) is 0 Å². The first kappa shape index (κ1) is 17.6. The van der Waals surface area contributed by atoms with Crippen LogP contribution in [0.3, 0.4) is 0 Å². The Labute approximate surface area is 111 Å². The molecule has 19 heavy (non-hydrogen) atoms. The molecular weight excluding hydrogens is 256 g/mol. The third-order valence-corrected chi connectivity index (χ3v) is 1.90. The van der Waals surface area contributed by atoms with E-state index in [4.69, 9.17) is 24.5 Å². The van der Waals surface area contributed by atoms with Gasteiger partial charge in [0.25, 0.3) is 0 Å². The van der Waals surface area contributed by atoms with E-state index >= 15 is 0 Å². The van der Waals surface area contributed by atoms with Gasteiger partial charge in [0.2, 0.25) is 5.91 Å². The molecule has 0 rings (SSSR count). The third-order valence-electron chi connectivity index (χ3n) is 1.90. The topological polar surface area (TPSA) is 115 Å². The van der Waals surface area contributed by atoms with Crippen LogP contribution in [0.15, 0.2) is 5.11 Å². The normalized spacial score (nSPS) is 11.7. The number of carbonyl (C=O) groups is 1. The van der Waals surface area contributed by atoms with Gasteiger partial charge in [0.1, 0.15) is 12.8 Å². The first-order valence-corrected chi connectivity index (χ1v) is 5.72. The van der Waals surface area contributed by atoms with Gasteiger partial charge in [0.15, 0.2) is 0 Å². The van der Waals surface area contributed by atoms with Gasteiger partial charge in [-0.15, -0.1) is 0 Å². The molecule has 0 saturated heterocycles. The smallest absolute Gasteiger partial charge is 0.247 e. The van der Waals surface area contributed by atoms with E-state index in [2.05, 4.69) is 15.3 Å². The summed E-state index contributed by atoms with van der Waals surface area (Å²) >= 11 is 0. The average molecular weight is 276 g/mol. The van der Waals surface area contributed by atoms with E-state index < -0.39 is 6.23 Å². The molecule has 0 saturated carbocycles. The first-order valence-electron chi connectivity index (χ1n) is 5.72. The predicted molar refractivity (Wildman–Crippen MR) is 66.5 cm³/mol. The van der Waals surface area contributed by atoms with Gasteiger partial charge < -0.3 is 24.3 Å².